The lowest BCUT2D eigenvalue weighted by Crippen LogP contribution is -2.56. The summed E-state index contributed by atoms with van der Waals surface area (Å²) in [6.45, 7) is 3.98. The highest BCUT2D eigenvalue weighted by atomic mass is 35.5. The molecule has 2 N–H and O–H groups in total. The minimum atomic E-state index is -0.767. The highest BCUT2D eigenvalue weighted by Gasteiger charge is 2.41. The van der Waals surface area contributed by atoms with Crippen LogP contribution in [0, 0.1) is 5.92 Å². The van der Waals surface area contributed by atoms with Crippen LogP contribution >= 0.6 is 23.2 Å². The van der Waals surface area contributed by atoms with E-state index in [9.17, 15) is 9.90 Å². The van der Waals surface area contributed by atoms with Crippen LogP contribution in [0.4, 0.5) is 0 Å². The third-order valence-corrected chi connectivity index (χ3v) is 8.22. The summed E-state index contributed by atoms with van der Waals surface area (Å²) in [6, 6.07) is 21.5. The highest BCUT2D eigenvalue weighted by Crippen LogP contribution is 2.32. The van der Waals surface area contributed by atoms with E-state index in [0.29, 0.717) is 42.7 Å². The molecule has 1 aliphatic rings. The average Bonchev–Trinajstić information content (AvgIpc) is 3.34. The summed E-state index contributed by atoms with van der Waals surface area (Å²) >= 11 is 12.4. The fourth-order valence-corrected chi connectivity index (χ4v) is 6.40. The molecule has 3 atom stereocenters. The number of aliphatic hydroxyl groups excluding tert-OH is 1. The molecule has 40 heavy (non-hydrogen) atoms. The Morgan fingerprint density at radius 2 is 1.82 bits per heavy atom. The second-order valence-electron chi connectivity index (χ2n) is 10.7. The maximum atomic E-state index is 13.7. The molecule has 6 nitrogen and oxygen atoms in total. The van der Waals surface area contributed by atoms with Gasteiger partial charge in [0, 0.05) is 52.8 Å². The van der Waals surface area contributed by atoms with Gasteiger partial charge in [-0.2, -0.15) is 0 Å². The van der Waals surface area contributed by atoms with Crippen LogP contribution in [0.5, 0.6) is 5.75 Å². The number of H-pyrrole nitrogens is 1. The largest absolute Gasteiger partial charge is 0.488 e. The van der Waals surface area contributed by atoms with Gasteiger partial charge in [-0.25, -0.2) is 0 Å². The summed E-state index contributed by atoms with van der Waals surface area (Å²) in [5.74, 6) is 0.302. The van der Waals surface area contributed by atoms with Gasteiger partial charge in [0.1, 0.15) is 12.4 Å². The molecule has 0 aliphatic carbocycles. The Balaban J connectivity index is 1.27. The van der Waals surface area contributed by atoms with Crippen molar-refractivity contribution in [3.63, 3.8) is 0 Å². The van der Waals surface area contributed by atoms with E-state index in [1.807, 2.05) is 78.8 Å². The number of amides is 1. The van der Waals surface area contributed by atoms with Gasteiger partial charge in [-0.1, -0.05) is 59.6 Å². The number of aromatic nitrogens is 1. The van der Waals surface area contributed by atoms with Crippen molar-refractivity contribution < 1.29 is 14.6 Å². The highest BCUT2D eigenvalue weighted by molar-refractivity contribution is 6.34. The Morgan fingerprint density at radius 1 is 1.07 bits per heavy atom. The standard InChI is InChI=1S/C32H35Cl2N3O3/c1-21(38)30-28(36(2)19-23-15-25(33)17-26(34)16-23)12-14-37(32(30)39)13-11-24-18-35-27-9-6-10-29(31(24)27)40-20-22-7-4-3-5-8-22/h3-10,15-18,21,28,30,35,38H,11-14,19-20H2,1-2H3/t21-,28+,30?/m1/s1. The smallest absolute Gasteiger partial charge is 0.229 e. The summed E-state index contributed by atoms with van der Waals surface area (Å²) in [4.78, 5) is 21.0. The number of hydrogen-bond acceptors (Lipinski definition) is 4. The van der Waals surface area contributed by atoms with E-state index in [2.05, 4.69) is 9.88 Å². The molecule has 1 amide bonds. The van der Waals surface area contributed by atoms with Crippen LogP contribution in [0.3, 0.4) is 0 Å². The number of piperidine rings is 1. The molecule has 210 valence electrons. The number of likely N-dealkylation sites (tertiary alicyclic amines) is 1. The molecule has 8 heteroatoms. The zero-order valence-electron chi connectivity index (χ0n) is 22.8. The fourth-order valence-electron chi connectivity index (χ4n) is 5.83. The van der Waals surface area contributed by atoms with Crippen molar-refractivity contribution in [2.45, 2.75) is 45.1 Å². The summed E-state index contributed by atoms with van der Waals surface area (Å²) < 4.78 is 6.21. The number of halogens is 2. The topological polar surface area (TPSA) is 68.8 Å². The van der Waals surface area contributed by atoms with E-state index in [1.165, 1.54) is 0 Å². The second kappa shape index (κ2) is 12.6. The van der Waals surface area contributed by atoms with Crippen molar-refractivity contribution in [1.29, 1.82) is 0 Å². The van der Waals surface area contributed by atoms with E-state index >= 15 is 0 Å². The Hall–Kier alpha value is -3.03. The number of benzene rings is 3. The zero-order valence-corrected chi connectivity index (χ0v) is 24.3. The third kappa shape index (κ3) is 6.47. The van der Waals surface area contributed by atoms with Crippen LogP contribution in [-0.4, -0.2) is 58.1 Å². The van der Waals surface area contributed by atoms with Crippen molar-refractivity contribution in [1.82, 2.24) is 14.8 Å². The van der Waals surface area contributed by atoms with E-state index in [4.69, 9.17) is 27.9 Å². The van der Waals surface area contributed by atoms with Gasteiger partial charge in [-0.15, -0.1) is 0 Å². The number of fused-ring (bicyclic) bond motifs is 1. The minimum absolute atomic E-state index is 0.0115. The van der Waals surface area contributed by atoms with Gasteiger partial charge in [0.25, 0.3) is 0 Å². The first kappa shape index (κ1) is 28.5. The van der Waals surface area contributed by atoms with Gasteiger partial charge in [0.05, 0.1) is 12.0 Å². The predicted molar refractivity (Wildman–Crippen MR) is 161 cm³/mol. The zero-order chi connectivity index (χ0) is 28.2. The lowest BCUT2D eigenvalue weighted by molar-refractivity contribution is -0.147. The van der Waals surface area contributed by atoms with Crippen molar-refractivity contribution >= 4 is 40.0 Å². The van der Waals surface area contributed by atoms with Crippen molar-refractivity contribution in [3.8, 4) is 5.75 Å². The summed E-state index contributed by atoms with van der Waals surface area (Å²) in [5, 5.41) is 12.9. The maximum Gasteiger partial charge on any atom is 0.229 e. The molecule has 1 aromatic heterocycles. The van der Waals surface area contributed by atoms with Gasteiger partial charge in [-0.3, -0.25) is 9.69 Å². The molecule has 1 aliphatic heterocycles. The molecule has 0 radical (unpaired) electrons. The number of nitrogens with one attached hydrogen (secondary N) is 1. The van der Waals surface area contributed by atoms with Crippen LogP contribution in [0.25, 0.3) is 10.9 Å². The number of rotatable bonds is 10. The first-order valence-corrected chi connectivity index (χ1v) is 14.4. The molecule has 5 rings (SSSR count). The summed E-state index contributed by atoms with van der Waals surface area (Å²) in [7, 11) is 1.99. The molecule has 2 heterocycles. The van der Waals surface area contributed by atoms with Gasteiger partial charge < -0.3 is 19.7 Å². The molecule has 3 aromatic carbocycles. The van der Waals surface area contributed by atoms with E-state index in [-0.39, 0.29) is 11.9 Å². The Kier molecular flexibility index (Phi) is 9.01. The normalized spacial score (nSPS) is 18.4. The van der Waals surface area contributed by atoms with Crippen LogP contribution in [0.1, 0.15) is 30.0 Å². The van der Waals surface area contributed by atoms with E-state index < -0.39 is 12.0 Å². The molecular weight excluding hydrogens is 545 g/mol. The quantitative estimate of drug-likeness (QED) is 0.230. The van der Waals surface area contributed by atoms with E-state index in [0.717, 1.165) is 39.8 Å². The van der Waals surface area contributed by atoms with Gasteiger partial charge in [0.2, 0.25) is 5.91 Å². The fraction of sp³-hybridized carbons (Fsp3) is 0.344. The van der Waals surface area contributed by atoms with Gasteiger partial charge in [0.15, 0.2) is 0 Å². The lowest BCUT2D eigenvalue weighted by Gasteiger charge is -2.43. The number of hydrogen-bond donors (Lipinski definition) is 2. The second-order valence-corrected chi connectivity index (χ2v) is 11.5. The molecule has 0 spiro atoms. The molecule has 1 unspecified atom stereocenters. The first-order valence-electron chi connectivity index (χ1n) is 13.7. The number of aliphatic hydroxyl groups is 1. The first-order chi connectivity index (χ1) is 19.3. The Labute approximate surface area is 245 Å². The lowest BCUT2D eigenvalue weighted by atomic mass is 9.85. The van der Waals surface area contributed by atoms with Gasteiger partial charge >= 0.3 is 0 Å². The monoisotopic (exact) mass is 579 g/mol. The van der Waals surface area contributed by atoms with Crippen LogP contribution in [0.2, 0.25) is 10.0 Å². The van der Waals surface area contributed by atoms with Crippen LogP contribution < -0.4 is 4.74 Å². The maximum absolute atomic E-state index is 13.7. The van der Waals surface area contributed by atoms with Crippen molar-refractivity contribution in [3.05, 3.63) is 99.7 Å². The average molecular weight is 581 g/mol. The molecule has 0 saturated carbocycles. The van der Waals surface area contributed by atoms with Crippen molar-refractivity contribution in [2.24, 2.45) is 5.92 Å². The van der Waals surface area contributed by atoms with Crippen LogP contribution in [0.15, 0.2) is 72.9 Å². The number of ether oxygens (including phenoxy) is 1. The molecular formula is C32H35Cl2N3O3. The van der Waals surface area contributed by atoms with Gasteiger partial charge in [-0.05, 0) is 73.8 Å². The molecule has 1 fully saturated rings. The molecule has 0 bridgehead atoms. The molecule has 1 saturated heterocycles. The molecule has 4 aromatic rings. The van der Waals surface area contributed by atoms with Crippen LogP contribution in [-0.2, 0) is 24.4 Å². The number of nitrogens with zero attached hydrogens (tertiary/aromatic N) is 2. The summed E-state index contributed by atoms with van der Waals surface area (Å²) in [5.41, 5.74) is 4.20. The number of carbonyl (C=O) groups is 1. The Bertz CT molecular complexity index is 1440. The number of carbonyl (C=O) groups excluding carboxylic acids is 1. The van der Waals surface area contributed by atoms with Crippen molar-refractivity contribution in [2.75, 3.05) is 20.1 Å². The predicted octanol–water partition coefficient (Wildman–Crippen LogP) is 6.33. The summed E-state index contributed by atoms with van der Waals surface area (Å²) in [6.07, 6.45) is 2.70. The SMILES string of the molecule is C[C@@H](O)C1C(=O)N(CCc2c[nH]c3cccc(OCc4ccccc4)c23)CC[C@@H]1N(C)Cc1cc(Cl)cc(Cl)c1. The van der Waals surface area contributed by atoms with E-state index in [1.54, 1.807) is 13.0 Å². The Morgan fingerprint density at radius 3 is 2.55 bits per heavy atom. The minimum Gasteiger partial charge on any atom is -0.488 e. The number of aromatic amines is 1. The third-order valence-electron chi connectivity index (χ3n) is 7.78.